The molecule has 2 aromatic rings. The number of rotatable bonds is 6. The van der Waals surface area contributed by atoms with Crippen LogP contribution in [0.15, 0.2) is 36.7 Å². The molecule has 1 aromatic heterocycles. The maximum Gasteiger partial charge on any atom is 0.251 e. The quantitative estimate of drug-likeness (QED) is 0.858. The summed E-state index contributed by atoms with van der Waals surface area (Å²) in [7, 11) is 0. The molecule has 2 rings (SSSR count). The smallest absolute Gasteiger partial charge is 0.251 e. The molecule has 1 atom stereocenters. The molecule has 0 aliphatic rings. The molecule has 6 heteroatoms. The van der Waals surface area contributed by atoms with E-state index in [0.29, 0.717) is 23.7 Å². The molecule has 0 bridgehead atoms. The minimum atomic E-state index is -0.133. The molecule has 1 unspecified atom stereocenters. The lowest BCUT2D eigenvalue weighted by molar-refractivity contribution is -0.114. The van der Waals surface area contributed by atoms with Crippen molar-refractivity contribution in [2.45, 2.75) is 27.3 Å². The molecule has 122 valence electrons. The summed E-state index contributed by atoms with van der Waals surface area (Å²) in [6, 6.07) is 6.83. The minimum Gasteiger partial charge on any atom is -0.352 e. The fraction of sp³-hybridized carbons (Fsp3) is 0.353. The molecule has 0 saturated carbocycles. The van der Waals surface area contributed by atoms with Crippen LogP contribution in [-0.4, -0.2) is 27.9 Å². The molecule has 0 fully saturated rings. The summed E-state index contributed by atoms with van der Waals surface area (Å²) in [6.07, 6.45) is 3.71. The third kappa shape index (κ3) is 4.95. The van der Waals surface area contributed by atoms with Crippen LogP contribution in [0.2, 0.25) is 0 Å². The Bertz CT molecular complexity index is 676. The molecule has 2 amide bonds. The first kappa shape index (κ1) is 16.7. The number of carbonyl (C=O) groups excluding carboxylic acids is 2. The highest BCUT2D eigenvalue weighted by atomic mass is 16.2. The summed E-state index contributed by atoms with van der Waals surface area (Å²) in [5, 5.41) is 5.60. The molecule has 0 radical (unpaired) electrons. The van der Waals surface area contributed by atoms with E-state index >= 15 is 0 Å². The van der Waals surface area contributed by atoms with Crippen molar-refractivity contribution in [2.75, 3.05) is 11.9 Å². The zero-order valence-electron chi connectivity index (χ0n) is 13.7. The number of nitrogens with zero attached hydrogens (tertiary/aromatic N) is 2. The first-order valence-corrected chi connectivity index (χ1v) is 7.59. The summed E-state index contributed by atoms with van der Waals surface area (Å²) in [4.78, 5) is 27.3. The highest BCUT2D eigenvalue weighted by Gasteiger charge is 2.09. The Balaban J connectivity index is 1.84. The van der Waals surface area contributed by atoms with Gasteiger partial charge in [-0.2, -0.15) is 0 Å². The van der Waals surface area contributed by atoms with Crippen molar-refractivity contribution < 1.29 is 9.59 Å². The summed E-state index contributed by atoms with van der Waals surface area (Å²) in [5.41, 5.74) is 1.25. The van der Waals surface area contributed by atoms with Crippen molar-refractivity contribution >= 4 is 17.5 Å². The van der Waals surface area contributed by atoms with Crippen LogP contribution in [0.4, 0.5) is 5.69 Å². The first-order valence-electron chi connectivity index (χ1n) is 7.59. The van der Waals surface area contributed by atoms with E-state index in [2.05, 4.69) is 27.1 Å². The van der Waals surface area contributed by atoms with E-state index in [9.17, 15) is 9.59 Å². The maximum absolute atomic E-state index is 12.1. The molecule has 23 heavy (non-hydrogen) atoms. The number of amides is 2. The Kier molecular flexibility index (Phi) is 5.51. The number of hydrogen-bond donors (Lipinski definition) is 2. The maximum atomic E-state index is 12.1. The van der Waals surface area contributed by atoms with Gasteiger partial charge < -0.3 is 15.2 Å². The Hall–Kier alpha value is -2.63. The van der Waals surface area contributed by atoms with Crippen LogP contribution in [0.25, 0.3) is 0 Å². The second-order valence-electron chi connectivity index (χ2n) is 5.70. The van der Waals surface area contributed by atoms with Gasteiger partial charge in [-0.25, -0.2) is 4.98 Å². The van der Waals surface area contributed by atoms with Gasteiger partial charge in [-0.3, -0.25) is 9.59 Å². The van der Waals surface area contributed by atoms with Gasteiger partial charge in [0.1, 0.15) is 5.82 Å². The molecule has 0 aliphatic carbocycles. The average molecular weight is 314 g/mol. The molecular formula is C17H22N4O2. The predicted molar refractivity (Wildman–Crippen MR) is 89.2 cm³/mol. The molecule has 0 aliphatic heterocycles. The lowest BCUT2D eigenvalue weighted by Gasteiger charge is -2.14. The van der Waals surface area contributed by atoms with Gasteiger partial charge in [0.2, 0.25) is 5.91 Å². The molecule has 1 aromatic carbocycles. The topological polar surface area (TPSA) is 76.0 Å². The van der Waals surface area contributed by atoms with Crippen molar-refractivity contribution in [3.8, 4) is 0 Å². The third-order valence-electron chi connectivity index (χ3n) is 3.51. The number of hydrogen-bond acceptors (Lipinski definition) is 3. The van der Waals surface area contributed by atoms with Crippen LogP contribution < -0.4 is 10.6 Å². The van der Waals surface area contributed by atoms with Crippen molar-refractivity contribution in [2.24, 2.45) is 5.92 Å². The Morgan fingerprint density at radius 2 is 1.96 bits per heavy atom. The summed E-state index contributed by atoms with van der Waals surface area (Å²) >= 11 is 0. The van der Waals surface area contributed by atoms with E-state index in [1.54, 1.807) is 30.5 Å². The predicted octanol–water partition coefficient (Wildman–Crippen LogP) is 2.22. The average Bonchev–Trinajstić information content (AvgIpc) is 2.90. The molecule has 6 nitrogen and oxygen atoms in total. The second kappa shape index (κ2) is 7.58. The summed E-state index contributed by atoms with van der Waals surface area (Å²) < 4.78 is 2.07. The highest BCUT2D eigenvalue weighted by Crippen LogP contribution is 2.10. The lowest BCUT2D eigenvalue weighted by Crippen LogP contribution is -2.30. The van der Waals surface area contributed by atoms with Crippen LogP contribution >= 0.6 is 0 Å². The summed E-state index contributed by atoms with van der Waals surface area (Å²) in [5.74, 6) is 1.02. The van der Waals surface area contributed by atoms with E-state index in [0.717, 1.165) is 12.4 Å². The van der Waals surface area contributed by atoms with Crippen LogP contribution in [0.1, 0.15) is 30.0 Å². The zero-order chi connectivity index (χ0) is 16.8. The molecular weight excluding hydrogens is 292 g/mol. The van der Waals surface area contributed by atoms with E-state index < -0.39 is 0 Å². The fourth-order valence-corrected chi connectivity index (χ4v) is 2.27. The van der Waals surface area contributed by atoms with Crippen LogP contribution in [0.3, 0.4) is 0 Å². The van der Waals surface area contributed by atoms with Gasteiger partial charge in [0.15, 0.2) is 0 Å². The Morgan fingerprint density at radius 3 is 2.52 bits per heavy atom. The van der Waals surface area contributed by atoms with Gasteiger partial charge in [-0.05, 0) is 37.1 Å². The van der Waals surface area contributed by atoms with Crippen molar-refractivity contribution in [1.82, 2.24) is 14.9 Å². The Labute approximate surface area is 135 Å². The van der Waals surface area contributed by atoms with E-state index in [4.69, 9.17) is 0 Å². The number of nitrogens with one attached hydrogen (secondary N) is 2. The SMILES string of the molecule is CC(=O)Nc1ccc(C(=O)NCC(C)Cn2ccnc2C)cc1. The van der Waals surface area contributed by atoms with Crippen molar-refractivity contribution in [1.29, 1.82) is 0 Å². The second-order valence-corrected chi connectivity index (χ2v) is 5.70. The molecule has 0 saturated heterocycles. The summed E-state index contributed by atoms with van der Waals surface area (Å²) in [6.45, 7) is 6.89. The van der Waals surface area contributed by atoms with Gasteiger partial charge >= 0.3 is 0 Å². The monoisotopic (exact) mass is 314 g/mol. The fourth-order valence-electron chi connectivity index (χ4n) is 2.27. The van der Waals surface area contributed by atoms with Crippen LogP contribution in [0, 0.1) is 12.8 Å². The van der Waals surface area contributed by atoms with Gasteiger partial charge in [0, 0.05) is 43.7 Å². The first-order chi connectivity index (χ1) is 11.0. The van der Waals surface area contributed by atoms with Gasteiger partial charge in [0.25, 0.3) is 5.91 Å². The molecule has 0 spiro atoms. The lowest BCUT2D eigenvalue weighted by atomic mass is 10.1. The Morgan fingerprint density at radius 1 is 1.26 bits per heavy atom. The van der Waals surface area contributed by atoms with Crippen molar-refractivity contribution in [3.05, 3.63) is 48.0 Å². The molecule has 2 N–H and O–H groups in total. The van der Waals surface area contributed by atoms with E-state index in [1.165, 1.54) is 6.92 Å². The number of anilines is 1. The van der Waals surface area contributed by atoms with Gasteiger partial charge in [-0.15, -0.1) is 0 Å². The van der Waals surface area contributed by atoms with Gasteiger partial charge in [-0.1, -0.05) is 6.92 Å². The largest absolute Gasteiger partial charge is 0.352 e. The molecule has 1 heterocycles. The number of aryl methyl sites for hydroxylation is 1. The number of imidazole rings is 1. The zero-order valence-corrected chi connectivity index (χ0v) is 13.7. The normalized spacial score (nSPS) is 11.8. The van der Waals surface area contributed by atoms with Crippen LogP contribution in [0.5, 0.6) is 0 Å². The van der Waals surface area contributed by atoms with Crippen molar-refractivity contribution in [3.63, 3.8) is 0 Å². The highest BCUT2D eigenvalue weighted by molar-refractivity contribution is 5.95. The van der Waals surface area contributed by atoms with E-state index in [-0.39, 0.29) is 11.8 Å². The third-order valence-corrected chi connectivity index (χ3v) is 3.51. The minimum absolute atomic E-state index is 0.117. The number of carbonyl (C=O) groups is 2. The van der Waals surface area contributed by atoms with E-state index in [1.807, 2.05) is 13.1 Å². The number of benzene rings is 1. The standard InChI is InChI=1S/C17H22N4O2/c1-12(11-21-9-8-18-13(21)2)10-19-17(23)15-4-6-16(7-5-15)20-14(3)22/h4-9,12H,10-11H2,1-3H3,(H,19,23)(H,20,22). The van der Waals surface area contributed by atoms with Gasteiger partial charge in [0.05, 0.1) is 0 Å². The van der Waals surface area contributed by atoms with Crippen LogP contribution in [-0.2, 0) is 11.3 Å². The number of aromatic nitrogens is 2.